The van der Waals surface area contributed by atoms with E-state index in [4.69, 9.17) is 0 Å². The molecule has 1 saturated heterocycles. The highest BCUT2D eigenvalue weighted by atomic mass is 16.3. The van der Waals surface area contributed by atoms with Gasteiger partial charge in [-0.15, -0.1) is 5.10 Å². The summed E-state index contributed by atoms with van der Waals surface area (Å²) in [5.41, 5.74) is 1.27. The first kappa shape index (κ1) is 14.0. The minimum atomic E-state index is -0.0347. The molecule has 0 spiro atoms. The molecule has 1 N–H and O–H groups in total. The van der Waals surface area contributed by atoms with Crippen molar-refractivity contribution in [2.24, 2.45) is 5.41 Å². The average Bonchev–Trinajstić information content (AvgIpc) is 2.46. The molecule has 1 aliphatic rings. The molecule has 0 aromatic carbocycles. The first-order valence-corrected chi connectivity index (χ1v) is 6.92. The molecule has 0 radical (unpaired) electrons. The maximum absolute atomic E-state index is 9.83. The fourth-order valence-corrected chi connectivity index (χ4v) is 2.65. The second-order valence-corrected chi connectivity index (χ2v) is 5.75. The van der Waals surface area contributed by atoms with Gasteiger partial charge in [-0.1, -0.05) is 11.6 Å². The predicted octanol–water partition coefficient (Wildman–Crippen LogP) is 2.41. The smallest absolute Gasteiger partial charge is 0.151 e. The topological polar surface area (TPSA) is 49.2 Å². The molecule has 104 valence electrons. The third-order valence-corrected chi connectivity index (χ3v) is 3.82. The summed E-state index contributed by atoms with van der Waals surface area (Å²) in [6.07, 6.45) is 7.02. The van der Waals surface area contributed by atoms with Gasteiger partial charge in [0.05, 0.1) is 6.61 Å². The maximum atomic E-state index is 9.83. The van der Waals surface area contributed by atoms with Crippen molar-refractivity contribution >= 4 is 5.82 Å². The van der Waals surface area contributed by atoms with Crippen molar-refractivity contribution in [3.63, 3.8) is 0 Å². The van der Waals surface area contributed by atoms with Crippen LogP contribution < -0.4 is 4.90 Å². The van der Waals surface area contributed by atoms with Crippen LogP contribution >= 0.6 is 0 Å². The van der Waals surface area contributed by atoms with Crippen LogP contribution in [0, 0.1) is 5.41 Å². The van der Waals surface area contributed by atoms with E-state index < -0.39 is 0 Å². The molecule has 1 aromatic rings. The van der Waals surface area contributed by atoms with Gasteiger partial charge in [-0.3, -0.25) is 0 Å². The van der Waals surface area contributed by atoms with Crippen molar-refractivity contribution in [3.8, 4) is 0 Å². The Morgan fingerprint density at radius 3 is 3.00 bits per heavy atom. The lowest BCUT2D eigenvalue weighted by molar-refractivity contribution is 0.107. The fourth-order valence-electron chi connectivity index (χ4n) is 2.65. The highest BCUT2D eigenvalue weighted by molar-refractivity contribution is 5.37. The Labute approximate surface area is 115 Å². The van der Waals surface area contributed by atoms with Gasteiger partial charge in [-0.05, 0) is 45.2 Å². The molecule has 0 amide bonds. The van der Waals surface area contributed by atoms with Crippen LogP contribution in [-0.2, 0) is 0 Å². The molecule has 4 nitrogen and oxygen atoms in total. The number of hydrogen-bond donors (Lipinski definition) is 1. The Balaban J connectivity index is 2.12. The molecule has 1 aliphatic heterocycles. The van der Waals surface area contributed by atoms with Crippen molar-refractivity contribution in [2.75, 3.05) is 24.6 Å². The summed E-state index contributed by atoms with van der Waals surface area (Å²) in [5, 5.41) is 17.9. The van der Waals surface area contributed by atoms with E-state index in [9.17, 15) is 5.11 Å². The van der Waals surface area contributed by atoms with Gasteiger partial charge in [0.25, 0.3) is 0 Å². The molecule has 0 bridgehead atoms. The normalized spacial score (nSPS) is 23.2. The molecular formula is C15H23N3O. The zero-order chi connectivity index (χ0) is 13.7. The van der Waals surface area contributed by atoms with E-state index in [1.807, 2.05) is 12.1 Å². The Bertz CT molecular complexity index is 428. The molecule has 2 heterocycles. The Morgan fingerprint density at radius 1 is 1.53 bits per heavy atom. The second kappa shape index (κ2) is 6.15. The molecule has 0 saturated carbocycles. The van der Waals surface area contributed by atoms with Gasteiger partial charge in [-0.2, -0.15) is 5.10 Å². The van der Waals surface area contributed by atoms with Gasteiger partial charge in [0.15, 0.2) is 5.82 Å². The van der Waals surface area contributed by atoms with E-state index in [-0.39, 0.29) is 12.0 Å². The van der Waals surface area contributed by atoms with E-state index in [0.717, 1.165) is 38.2 Å². The Kier molecular flexibility index (Phi) is 4.53. The van der Waals surface area contributed by atoms with Gasteiger partial charge in [0, 0.05) is 24.7 Å². The van der Waals surface area contributed by atoms with Crippen LogP contribution in [0.4, 0.5) is 5.82 Å². The molecule has 1 aromatic heterocycles. The van der Waals surface area contributed by atoms with Gasteiger partial charge < -0.3 is 10.0 Å². The molecule has 4 heteroatoms. The largest absolute Gasteiger partial charge is 0.396 e. The van der Waals surface area contributed by atoms with E-state index in [0.29, 0.717) is 0 Å². The summed E-state index contributed by atoms with van der Waals surface area (Å²) in [5.74, 6) is 0.914. The summed E-state index contributed by atoms with van der Waals surface area (Å²) in [7, 11) is 0. The van der Waals surface area contributed by atoms with Crippen LogP contribution in [0.1, 0.15) is 33.1 Å². The van der Waals surface area contributed by atoms with Gasteiger partial charge in [-0.25, -0.2) is 0 Å². The van der Waals surface area contributed by atoms with E-state index in [2.05, 4.69) is 35.0 Å². The van der Waals surface area contributed by atoms with Crippen molar-refractivity contribution in [1.82, 2.24) is 10.2 Å². The van der Waals surface area contributed by atoms with Crippen LogP contribution in [-0.4, -0.2) is 35.0 Å². The van der Waals surface area contributed by atoms with Crippen LogP contribution in [0.2, 0.25) is 0 Å². The van der Waals surface area contributed by atoms with Crippen LogP contribution in [0.5, 0.6) is 0 Å². The minimum absolute atomic E-state index is 0.0347. The quantitative estimate of drug-likeness (QED) is 0.846. The standard InChI is InChI=1S/C15H23N3O/c1-13(2)6-8-15(12-19)7-4-10-18(11-15)14-5-3-9-16-17-14/h3,5-6,9,19H,4,7-8,10-12H2,1-2H3. The zero-order valence-electron chi connectivity index (χ0n) is 11.8. The number of hydrogen-bond acceptors (Lipinski definition) is 4. The number of aliphatic hydroxyl groups is 1. The first-order chi connectivity index (χ1) is 9.15. The number of rotatable bonds is 4. The molecular weight excluding hydrogens is 238 g/mol. The van der Waals surface area contributed by atoms with Crippen molar-refractivity contribution in [3.05, 3.63) is 30.0 Å². The average molecular weight is 261 g/mol. The molecule has 0 aliphatic carbocycles. The summed E-state index contributed by atoms with van der Waals surface area (Å²) < 4.78 is 0. The molecule has 1 atom stereocenters. The summed E-state index contributed by atoms with van der Waals surface area (Å²) in [6.45, 7) is 6.29. The number of aromatic nitrogens is 2. The lowest BCUT2D eigenvalue weighted by Gasteiger charge is -2.41. The van der Waals surface area contributed by atoms with Gasteiger partial charge >= 0.3 is 0 Å². The number of nitrogens with zero attached hydrogens (tertiary/aromatic N) is 3. The summed E-state index contributed by atoms with van der Waals surface area (Å²) >= 11 is 0. The third-order valence-electron chi connectivity index (χ3n) is 3.82. The van der Waals surface area contributed by atoms with Crippen LogP contribution in [0.15, 0.2) is 30.0 Å². The second-order valence-electron chi connectivity index (χ2n) is 5.75. The summed E-state index contributed by atoms with van der Waals surface area (Å²) in [4.78, 5) is 2.24. The predicted molar refractivity (Wildman–Crippen MR) is 77.0 cm³/mol. The minimum Gasteiger partial charge on any atom is -0.396 e. The van der Waals surface area contributed by atoms with Gasteiger partial charge in [0.1, 0.15) is 0 Å². The van der Waals surface area contributed by atoms with Crippen LogP contribution in [0.3, 0.4) is 0 Å². The van der Waals surface area contributed by atoms with Crippen LogP contribution in [0.25, 0.3) is 0 Å². The van der Waals surface area contributed by atoms with E-state index in [1.54, 1.807) is 6.20 Å². The van der Waals surface area contributed by atoms with Crippen molar-refractivity contribution in [1.29, 1.82) is 0 Å². The Hall–Kier alpha value is -1.42. The number of anilines is 1. The lowest BCUT2D eigenvalue weighted by Crippen LogP contribution is -2.45. The highest BCUT2D eigenvalue weighted by Gasteiger charge is 2.34. The SMILES string of the molecule is CC(C)=CCC1(CO)CCCN(c2cccnn2)C1. The highest BCUT2D eigenvalue weighted by Crippen LogP contribution is 2.35. The monoisotopic (exact) mass is 261 g/mol. The molecule has 19 heavy (non-hydrogen) atoms. The number of piperidine rings is 1. The van der Waals surface area contributed by atoms with Gasteiger partial charge in [0.2, 0.25) is 0 Å². The maximum Gasteiger partial charge on any atom is 0.151 e. The van der Waals surface area contributed by atoms with E-state index in [1.165, 1.54) is 5.57 Å². The number of allylic oxidation sites excluding steroid dienone is 2. The first-order valence-electron chi connectivity index (χ1n) is 6.92. The third kappa shape index (κ3) is 3.53. The molecule has 2 rings (SSSR count). The van der Waals surface area contributed by atoms with Crippen molar-refractivity contribution < 1.29 is 5.11 Å². The number of aliphatic hydroxyl groups excluding tert-OH is 1. The summed E-state index contributed by atoms with van der Waals surface area (Å²) in [6, 6.07) is 3.90. The molecule has 1 fully saturated rings. The lowest BCUT2D eigenvalue weighted by atomic mass is 9.77. The zero-order valence-corrected chi connectivity index (χ0v) is 11.8. The Morgan fingerprint density at radius 2 is 2.37 bits per heavy atom. The van der Waals surface area contributed by atoms with E-state index >= 15 is 0 Å². The van der Waals surface area contributed by atoms with Crippen molar-refractivity contribution in [2.45, 2.75) is 33.1 Å². The molecule has 1 unspecified atom stereocenters. The fraction of sp³-hybridized carbons (Fsp3) is 0.600.